The van der Waals surface area contributed by atoms with E-state index in [1.807, 2.05) is 24.3 Å². The van der Waals surface area contributed by atoms with Crippen molar-refractivity contribution in [3.05, 3.63) is 76.6 Å². The van der Waals surface area contributed by atoms with Gasteiger partial charge in [0.05, 0.1) is 36.4 Å². The van der Waals surface area contributed by atoms with Crippen LogP contribution in [-0.4, -0.2) is 65.6 Å². The third-order valence-corrected chi connectivity index (χ3v) is 10.1. The number of nitrogens with zero attached hydrogens (tertiary/aromatic N) is 8. The number of hydrogen-bond acceptors (Lipinski definition) is 10. The summed E-state index contributed by atoms with van der Waals surface area (Å²) in [5.74, 6) is 2.62. The molecule has 3 fully saturated rings. The number of rotatable bonds is 8. The maximum atomic E-state index is 15.0. The monoisotopic (exact) mass is 647 g/mol. The average Bonchev–Trinajstić information content (AvgIpc) is 3.54. The smallest absolute Gasteiger partial charge is 0.278 e. The Balaban J connectivity index is 0.922. The van der Waals surface area contributed by atoms with E-state index in [9.17, 15) is 0 Å². The van der Waals surface area contributed by atoms with Crippen LogP contribution in [-0.2, 0) is 23.6 Å². The number of halogens is 1. The first-order valence-corrected chi connectivity index (χ1v) is 16.6. The van der Waals surface area contributed by atoms with Crippen LogP contribution in [0, 0.1) is 17.1 Å². The molecule has 2 saturated heterocycles. The second kappa shape index (κ2) is 11.4. The lowest BCUT2D eigenvalue weighted by Gasteiger charge is -2.33. The van der Waals surface area contributed by atoms with Gasteiger partial charge in [0.15, 0.2) is 23.0 Å². The van der Waals surface area contributed by atoms with Gasteiger partial charge in [-0.2, -0.15) is 5.26 Å². The molecule has 9 rings (SSSR count). The minimum absolute atomic E-state index is 0.148. The van der Waals surface area contributed by atoms with Gasteiger partial charge < -0.3 is 23.8 Å². The summed E-state index contributed by atoms with van der Waals surface area (Å²) in [5.41, 5.74) is 3.75. The van der Waals surface area contributed by atoms with E-state index in [1.54, 1.807) is 19.1 Å². The van der Waals surface area contributed by atoms with E-state index in [1.165, 1.54) is 6.07 Å². The zero-order valence-electron chi connectivity index (χ0n) is 26.5. The first-order chi connectivity index (χ1) is 23.4. The third kappa shape index (κ3) is 5.16. The van der Waals surface area contributed by atoms with Crippen LogP contribution in [0.25, 0.3) is 22.7 Å². The number of likely N-dealkylation sites (tertiary alicyclic amines) is 1. The molecule has 1 aliphatic carbocycles. The van der Waals surface area contributed by atoms with E-state index in [0.717, 1.165) is 80.2 Å². The van der Waals surface area contributed by atoms with Gasteiger partial charge in [-0.05, 0) is 81.4 Å². The summed E-state index contributed by atoms with van der Waals surface area (Å²) in [6, 6.07) is 14.2. The standard InChI is InChI=1S/C35H34FN9O3/c1-35(25-8-5-20(17-37)15-26(25)36)47-29-4-2-3-24(31(29)48-35)21-9-12-44(13-10-21)19-30-38-28-16-27(33-39-32(41-42-33)22-6-7-22)40-43-34(28)45(30)18-23-11-14-46-23/h2-5,8,15-16,21-23H,6-7,9-14,18-19H2,1H3,(H,39,41,42)/t23-,35?/m0/s1. The van der Waals surface area contributed by atoms with Gasteiger partial charge in [-0.25, -0.2) is 9.37 Å². The molecule has 6 heterocycles. The number of aromatic nitrogens is 7. The summed E-state index contributed by atoms with van der Waals surface area (Å²) < 4.78 is 35.6. The molecule has 0 bridgehead atoms. The zero-order valence-corrected chi connectivity index (χ0v) is 26.5. The number of ether oxygens (including phenoxy) is 3. The molecule has 12 nitrogen and oxygen atoms in total. The van der Waals surface area contributed by atoms with Gasteiger partial charge in [-0.3, -0.25) is 4.90 Å². The lowest BCUT2D eigenvalue weighted by atomic mass is 9.88. The Morgan fingerprint density at radius 1 is 1.00 bits per heavy atom. The van der Waals surface area contributed by atoms with Crippen LogP contribution in [0.15, 0.2) is 42.5 Å². The Hall–Kier alpha value is -4.93. The molecule has 5 aromatic rings. The molecule has 1 unspecified atom stereocenters. The summed E-state index contributed by atoms with van der Waals surface area (Å²) in [7, 11) is 0. The number of hydrogen-bond donors (Lipinski definition) is 1. The Kier molecular flexibility index (Phi) is 6.91. The fraction of sp³-hybridized carbons (Fsp3) is 0.429. The molecule has 48 heavy (non-hydrogen) atoms. The fourth-order valence-corrected chi connectivity index (χ4v) is 7.10. The van der Waals surface area contributed by atoms with Crippen LogP contribution in [0.5, 0.6) is 11.5 Å². The molecule has 0 amide bonds. The second-order valence-electron chi connectivity index (χ2n) is 13.4. The van der Waals surface area contributed by atoms with Gasteiger partial charge in [0.25, 0.3) is 5.79 Å². The summed E-state index contributed by atoms with van der Waals surface area (Å²) >= 11 is 0. The highest BCUT2D eigenvalue weighted by molar-refractivity contribution is 5.75. The van der Waals surface area contributed by atoms with Crippen molar-refractivity contribution in [2.75, 3.05) is 19.7 Å². The summed E-state index contributed by atoms with van der Waals surface area (Å²) in [4.78, 5) is 10.8. The zero-order chi connectivity index (χ0) is 32.4. The van der Waals surface area contributed by atoms with Gasteiger partial charge >= 0.3 is 0 Å². The average molecular weight is 648 g/mol. The highest BCUT2D eigenvalue weighted by atomic mass is 19.1. The van der Waals surface area contributed by atoms with Gasteiger partial charge in [-0.1, -0.05) is 12.1 Å². The second-order valence-corrected chi connectivity index (χ2v) is 13.4. The number of fused-ring (bicyclic) bond motifs is 2. The molecule has 3 aliphatic heterocycles. The van der Waals surface area contributed by atoms with Gasteiger partial charge in [0.1, 0.15) is 28.7 Å². The van der Waals surface area contributed by atoms with Crippen LogP contribution in [0.2, 0.25) is 0 Å². The Bertz CT molecular complexity index is 2070. The predicted octanol–water partition coefficient (Wildman–Crippen LogP) is 5.31. The lowest BCUT2D eigenvalue weighted by Crippen LogP contribution is -2.35. The number of benzene rings is 2. The molecular weight excluding hydrogens is 613 g/mol. The first-order valence-electron chi connectivity index (χ1n) is 16.6. The number of aromatic amines is 1. The Morgan fingerprint density at radius 3 is 2.60 bits per heavy atom. The van der Waals surface area contributed by atoms with E-state index >= 15 is 4.39 Å². The van der Waals surface area contributed by atoms with Crippen LogP contribution in [0.1, 0.15) is 79.2 Å². The molecule has 2 atom stereocenters. The topological polar surface area (TPSA) is 140 Å². The van der Waals surface area contributed by atoms with Crippen LogP contribution < -0.4 is 9.47 Å². The van der Waals surface area contributed by atoms with Crippen molar-refractivity contribution in [2.45, 2.75) is 75.8 Å². The highest BCUT2D eigenvalue weighted by Gasteiger charge is 2.43. The minimum Gasteiger partial charge on any atom is -0.444 e. The summed E-state index contributed by atoms with van der Waals surface area (Å²) in [5, 5.41) is 26.9. The van der Waals surface area contributed by atoms with Crippen LogP contribution >= 0.6 is 0 Å². The molecule has 3 aromatic heterocycles. The largest absolute Gasteiger partial charge is 0.444 e. The van der Waals surface area contributed by atoms with E-state index in [2.05, 4.69) is 40.9 Å². The fourth-order valence-electron chi connectivity index (χ4n) is 7.10. The SMILES string of the molecule is CC1(c2ccc(C#N)cc2F)Oc2cccc(C3CCN(Cc4nc5cc(-c6nnc(C7CC7)[nH]6)nnc5n4C[C@@H]4CCO4)CC3)c2O1. The molecule has 244 valence electrons. The van der Waals surface area contributed by atoms with Crippen molar-refractivity contribution in [2.24, 2.45) is 0 Å². The van der Waals surface area contributed by atoms with Crippen molar-refractivity contribution < 1.29 is 18.6 Å². The first kappa shape index (κ1) is 29.2. The lowest BCUT2D eigenvalue weighted by molar-refractivity contribution is -0.0712. The number of piperidine rings is 1. The number of H-pyrrole nitrogens is 1. The van der Waals surface area contributed by atoms with Gasteiger partial charge in [0.2, 0.25) is 0 Å². The molecule has 2 aromatic carbocycles. The Labute approximate surface area is 275 Å². The number of nitrogens with one attached hydrogen (secondary N) is 1. The third-order valence-electron chi connectivity index (χ3n) is 10.1. The quantitative estimate of drug-likeness (QED) is 0.236. The summed E-state index contributed by atoms with van der Waals surface area (Å²) in [6.07, 6.45) is 5.30. The summed E-state index contributed by atoms with van der Waals surface area (Å²) in [6.45, 7) is 5.62. The Morgan fingerprint density at radius 2 is 1.85 bits per heavy atom. The number of imidazole rings is 1. The van der Waals surface area contributed by atoms with Gasteiger partial charge in [-0.15, -0.1) is 20.4 Å². The molecule has 0 spiro atoms. The molecule has 4 aliphatic rings. The number of nitriles is 1. The van der Waals surface area contributed by atoms with Crippen LogP contribution in [0.3, 0.4) is 0 Å². The predicted molar refractivity (Wildman–Crippen MR) is 170 cm³/mol. The van der Waals surface area contributed by atoms with Crippen molar-refractivity contribution in [1.29, 1.82) is 5.26 Å². The molecular formula is C35H34FN9O3. The minimum atomic E-state index is -1.32. The van der Waals surface area contributed by atoms with E-state index in [0.29, 0.717) is 42.0 Å². The molecule has 1 saturated carbocycles. The highest BCUT2D eigenvalue weighted by Crippen LogP contribution is 2.50. The van der Waals surface area contributed by atoms with Gasteiger partial charge in [0, 0.05) is 25.0 Å². The molecule has 13 heteroatoms. The maximum Gasteiger partial charge on any atom is 0.278 e. The van der Waals surface area contributed by atoms with Crippen molar-refractivity contribution in [3.8, 4) is 29.1 Å². The number of para-hydroxylation sites is 1. The maximum absolute atomic E-state index is 15.0. The van der Waals surface area contributed by atoms with E-state index in [4.69, 9.17) is 24.5 Å². The van der Waals surface area contributed by atoms with Crippen molar-refractivity contribution in [3.63, 3.8) is 0 Å². The van der Waals surface area contributed by atoms with E-state index < -0.39 is 11.6 Å². The normalized spacial score (nSPS) is 22.6. The molecule has 1 N–H and O–H groups in total. The van der Waals surface area contributed by atoms with Crippen molar-refractivity contribution in [1.82, 2.24) is 39.8 Å². The van der Waals surface area contributed by atoms with Crippen LogP contribution in [0.4, 0.5) is 4.39 Å². The van der Waals surface area contributed by atoms with E-state index in [-0.39, 0.29) is 23.1 Å². The molecule has 0 radical (unpaired) electrons. The van der Waals surface area contributed by atoms with Crippen molar-refractivity contribution >= 4 is 11.2 Å².